The van der Waals surface area contributed by atoms with Crippen molar-refractivity contribution in [2.45, 2.75) is 45.2 Å². The number of nitriles is 1. The molecule has 1 aliphatic carbocycles. The molecule has 0 amide bonds. The zero-order valence-electron chi connectivity index (χ0n) is 9.79. The average Bonchev–Trinajstić information content (AvgIpc) is 2.96. The highest BCUT2D eigenvalue weighted by Gasteiger charge is 2.34. The summed E-state index contributed by atoms with van der Waals surface area (Å²) in [6.07, 6.45) is 4.05. The maximum absolute atomic E-state index is 8.92. The standard InChI is InChI=1S/C12H21N3/c1-12(2,8-13)9-14-10-5-6-15(7-10)11-3-4-11/h10-11,14H,3-7,9H2,1-2H3. The van der Waals surface area contributed by atoms with Gasteiger partial charge in [-0.25, -0.2) is 0 Å². The van der Waals surface area contributed by atoms with E-state index in [0.717, 1.165) is 12.6 Å². The van der Waals surface area contributed by atoms with Crippen LogP contribution in [-0.2, 0) is 0 Å². The number of likely N-dealkylation sites (tertiary alicyclic amines) is 1. The summed E-state index contributed by atoms with van der Waals surface area (Å²) in [6, 6.07) is 3.83. The molecule has 1 saturated heterocycles. The van der Waals surface area contributed by atoms with Crippen molar-refractivity contribution in [1.82, 2.24) is 10.2 Å². The van der Waals surface area contributed by atoms with Crippen LogP contribution in [0.25, 0.3) is 0 Å². The Bertz CT molecular complexity index is 263. The van der Waals surface area contributed by atoms with Crippen molar-refractivity contribution in [1.29, 1.82) is 5.26 Å². The van der Waals surface area contributed by atoms with E-state index in [1.54, 1.807) is 0 Å². The van der Waals surface area contributed by atoms with Gasteiger partial charge in [0.1, 0.15) is 0 Å². The Balaban J connectivity index is 1.71. The predicted octanol–water partition coefficient (Wildman–Crippen LogP) is 1.36. The van der Waals surface area contributed by atoms with Crippen molar-refractivity contribution >= 4 is 0 Å². The summed E-state index contributed by atoms with van der Waals surface area (Å²) < 4.78 is 0. The molecule has 1 N–H and O–H groups in total. The van der Waals surface area contributed by atoms with Gasteiger partial charge in [-0.3, -0.25) is 4.90 Å². The van der Waals surface area contributed by atoms with E-state index in [1.165, 1.54) is 32.4 Å². The lowest BCUT2D eigenvalue weighted by molar-refractivity contribution is 0.312. The molecule has 84 valence electrons. The van der Waals surface area contributed by atoms with Crippen molar-refractivity contribution in [3.63, 3.8) is 0 Å². The molecule has 2 aliphatic rings. The summed E-state index contributed by atoms with van der Waals surface area (Å²) in [4.78, 5) is 2.59. The fourth-order valence-electron chi connectivity index (χ4n) is 2.16. The van der Waals surface area contributed by atoms with Gasteiger partial charge in [0.2, 0.25) is 0 Å². The number of rotatable bonds is 4. The van der Waals surface area contributed by atoms with Gasteiger partial charge in [0.25, 0.3) is 0 Å². The fourth-order valence-corrected chi connectivity index (χ4v) is 2.16. The number of nitrogens with one attached hydrogen (secondary N) is 1. The SMILES string of the molecule is CC(C)(C#N)CNC1CCN(C2CC2)C1. The molecule has 0 bridgehead atoms. The zero-order chi connectivity index (χ0) is 10.9. The minimum Gasteiger partial charge on any atom is -0.311 e. The Morgan fingerprint density at radius 2 is 2.13 bits per heavy atom. The average molecular weight is 207 g/mol. The van der Waals surface area contributed by atoms with Crippen LogP contribution >= 0.6 is 0 Å². The molecule has 2 fully saturated rings. The highest BCUT2D eigenvalue weighted by atomic mass is 15.2. The van der Waals surface area contributed by atoms with E-state index in [-0.39, 0.29) is 5.41 Å². The van der Waals surface area contributed by atoms with Gasteiger partial charge < -0.3 is 5.32 Å². The second kappa shape index (κ2) is 4.11. The lowest BCUT2D eigenvalue weighted by atomic mass is 9.95. The molecule has 3 heteroatoms. The van der Waals surface area contributed by atoms with Crippen LogP contribution in [0.15, 0.2) is 0 Å². The summed E-state index contributed by atoms with van der Waals surface area (Å²) in [7, 11) is 0. The van der Waals surface area contributed by atoms with Crippen LogP contribution in [0.5, 0.6) is 0 Å². The lowest BCUT2D eigenvalue weighted by Crippen LogP contribution is -2.38. The van der Waals surface area contributed by atoms with Gasteiger partial charge in [-0.05, 0) is 33.1 Å². The number of nitrogens with zero attached hydrogens (tertiary/aromatic N) is 2. The smallest absolute Gasteiger partial charge is 0.0697 e. The summed E-state index contributed by atoms with van der Waals surface area (Å²) >= 11 is 0. The fraction of sp³-hybridized carbons (Fsp3) is 0.917. The third kappa shape index (κ3) is 2.93. The third-order valence-corrected chi connectivity index (χ3v) is 3.42. The first-order valence-electron chi connectivity index (χ1n) is 5.99. The summed E-state index contributed by atoms with van der Waals surface area (Å²) in [6.45, 7) is 7.23. The molecule has 0 aromatic carbocycles. The molecular weight excluding hydrogens is 186 g/mol. The van der Waals surface area contributed by atoms with Crippen molar-refractivity contribution in [3.8, 4) is 6.07 Å². The maximum atomic E-state index is 8.92. The molecule has 0 radical (unpaired) electrons. The molecule has 1 aliphatic heterocycles. The molecule has 1 atom stereocenters. The van der Waals surface area contributed by atoms with Crippen LogP contribution in [0.4, 0.5) is 0 Å². The maximum Gasteiger partial charge on any atom is 0.0697 e. The van der Waals surface area contributed by atoms with Gasteiger partial charge in [-0.1, -0.05) is 0 Å². The van der Waals surface area contributed by atoms with E-state index in [0.29, 0.717) is 6.04 Å². The van der Waals surface area contributed by atoms with E-state index < -0.39 is 0 Å². The van der Waals surface area contributed by atoms with Gasteiger partial charge in [-0.2, -0.15) is 5.26 Å². The van der Waals surface area contributed by atoms with Crippen molar-refractivity contribution in [2.75, 3.05) is 19.6 Å². The zero-order valence-corrected chi connectivity index (χ0v) is 9.79. The predicted molar refractivity (Wildman–Crippen MR) is 60.4 cm³/mol. The van der Waals surface area contributed by atoms with Gasteiger partial charge in [0.05, 0.1) is 11.5 Å². The van der Waals surface area contributed by atoms with Crippen LogP contribution in [0, 0.1) is 16.7 Å². The summed E-state index contributed by atoms with van der Waals surface area (Å²) in [5.74, 6) is 0. The Kier molecular flexibility index (Phi) is 2.99. The first-order chi connectivity index (χ1) is 7.11. The minimum atomic E-state index is -0.229. The lowest BCUT2D eigenvalue weighted by Gasteiger charge is -2.20. The largest absolute Gasteiger partial charge is 0.311 e. The highest BCUT2D eigenvalue weighted by molar-refractivity contribution is 4.96. The molecule has 3 nitrogen and oxygen atoms in total. The monoisotopic (exact) mass is 207 g/mol. The van der Waals surface area contributed by atoms with Crippen molar-refractivity contribution < 1.29 is 0 Å². The summed E-state index contributed by atoms with van der Waals surface area (Å²) in [5, 5.41) is 12.4. The second-order valence-electron chi connectivity index (χ2n) is 5.59. The highest BCUT2D eigenvalue weighted by Crippen LogP contribution is 2.29. The molecule has 0 spiro atoms. The molecule has 15 heavy (non-hydrogen) atoms. The Morgan fingerprint density at radius 3 is 2.73 bits per heavy atom. The molecule has 2 rings (SSSR count). The van der Waals surface area contributed by atoms with Crippen molar-refractivity contribution in [2.24, 2.45) is 5.41 Å². The number of hydrogen-bond donors (Lipinski definition) is 1. The topological polar surface area (TPSA) is 39.1 Å². The quantitative estimate of drug-likeness (QED) is 0.756. The molecule has 0 aromatic heterocycles. The Hall–Kier alpha value is -0.590. The molecule has 1 heterocycles. The van der Waals surface area contributed by atoms with Crippen LogP contribution in [0.3, 0.4) is 0 Å². The second-order valence-corrected chi connectivity index (χ2v) is 5.59. The van der Waals surface area contributed by atoms with E-state index in [1.807, 2.05) is 13.8 Å². The van der Waals surface area contributed by atoms with Crippen LogP contribution in [0.2, 0.25) is 0 Å². The van der Waals surface area contributed by atoms with Crippen LogP contribution in [0.1, 0.15) is 33.1 Å². The molecule has 1 saturated carbocycles. The Labute approximate surface area is 92.4 Å². The summed E-state index contributed by atoms with van der Waals surface area (Å²) in [5.41, 5.74) is -0.229. The molecule has 1 unspecified atom stereocenters. The molecule has 0 aromatic rings. The van der Waals surface area contributed by atoms with Crippen molar-refractivity contribution in [3.05, 3.63) is 0 Å². The van der Waals surface area contributed by atoms with Crippen LogP contribution < -0.4 is 5.32 Å². The minimum absolute atomic E-state index is 0.229. The number of hydrogen-bond acceptors (Lipinski definition) is 3. The van der Waals surface area contributed by atoms with Gasteiger partial charge in [-0.15, -0.1) is 0 Å². The van der Waals surface area contributed by atoms with E-state index in [2.05, 4.69) is 16.3 Å². The first-order valence-corrected chi connectivity index (χ1v) is 5.99. The first kappa shape index (κ1) is 10.9. The normalized spacial score (nSPS) is 27.9. The van der Waals surface area contributed by atoms with E-state index in [4.69, 9.17) is 5.26 Å². The Morgan fingerprint density at radius 1 is 1.40 bits per heavy atom. The van der Waals surface area contributed by atoms with Gasteiger partial charge in [0, 0.05) is 31.7 Å². The van der Waals surface area contributed by atoms with Crippen LogP contribution in [-0.4, -0.2) is 36.6 Å². The van der Waals surface area contributed by atoms with Gasteiger partial charge >= 0.3 is 0 Å². The van der Waals surface area contributed by atoms with E-state index in [9.17, 15) is 0 Å². The van der Waals surface area contributed by atoms with E-state index >= 15 is 0 Å². The van der Waals surface area contributed by atoms with Gasteiger partial charge in [0.15, 0.2) is 0 Å². The molecular formula is C12H21N3. The third-order valence-electron chi connectivity index (χ3n) is 3.42.